The molecule has 4 bridgehead atoms. The van der Waals surface area contributed by atoms with Crippen LogP contribution in [-0.2, 0) is 9.47 Å². The summed E-state index contributed by atoms with van der Waals surface area (Å²) in [6.07, 6.45) is 10.2. The summed E-state index contributed by atoms with van der Waals surface area (Å²) in [6, 6.07) is 0. The highest BCUT2D eigenvalue weighted by Gasteiger charge is 2.67. The number of ether oxygens (including phenoxy) is 2. The zero-order valence-electron chi connectivity index (χ0n) is 12.2. The quantitative estimate of drug-likeness (QED) is 0.582. The van der Waals surface area contributed by atoms with Crippen molar-refractivity contribution in [3.63, 3.8) is 0 Å². The third-order valence-electron chi connectivity index (χ3n) is 8.23. The van der Waals surface area contributed by atoms with E-state index in [0.29, 0.717) is 12.2 Å². The Balaban J connectivity index is 1.25. The summed E-state index contributed by atoms with van der Waals surface area (Å²) in [5, 5.41) is 0. The minimum atomic E-state index is 0.448. The Labute approximate surface area is 121 Å². The van der Waals surface area contributed by atoms with Crippen LogP contribution in [0.2, 0.25) is 0 Å². The van der Waals surface area contributed by atoms with Crippen LogP contribution in [-0.4, -0.2) is 25.4 Å². The standard InChI is InChI=1S/C18H26O2/c1-2-11-12(3-1)14-6-13(11)17-9-4-15(18(14)17)16(5-9)20-8-10-7-19-10/h9-18H,1-8H2. The van der Waals surface area contributed by atoms with Crippen molar-refractivity contribution in [1.82, 2.24) is 0 Å². The minimum Gasteiger partial charge on any atom is -0.375 e. The zero-order chi connectivity index (χ0) is 12.8. The molecule has 5 saturated carbocycles. The lowest BCUT2D eigenvalue weighted by Gasteiger charge is -2.43. The Kier molecular flexibility index (Phi) is 2.19. The molecular weight excluding hydrogens is 248 g/mol. The normalized spacial score (nSPS) is 64.8. The van der Waals surface area contributed by atoms with E-state index in [0.717, 1.165) is 60.6 Å². The van der Waals surface area contributed by atoms with Crippen LogP contribution in [0.25, 0.3) is 0 Å². The average Bonchev–Trinajstić information content (AvgIpc) is 2.92. The monoisotopic (exact) mass is 274 g/mol. The molecule has 2 nitrogen and oxygen atoms in total. The van der Waals surface area contributed by atoms with Crippen molar-refractivity contribution in [1.29, 1.82) is 0 Å². The van der Waals surface area contributed by atoms with Gasteiger partial charge in [-0.3, -0.25) is 0 Å². The molecular formula is C18H26O2. The molecule has 10 unspecified atom stereocenters. The van der Waals surface area contributed by atoms with Gasteiger partial charge in [-0.15, -0.1) is 0 Å². The van der Waals surface area contributed by atoms with E-state index < -0.39 is 0 Å². The smallest absolute Gasteiger partial charge is 0.104 e. The molecule has 0 radical (unpaired) electrons. The SMILES string of the molecule is C1CC2C(C1)C1CC2C2C3CC(OCC4CO4)C(C3)C12. The maximum atomic E-state index is 6.26. The van der Waals surface area contributed by atoms with Gasteiger partial charge < -0.3 is 9.47 Å². The summed E-state index contributed by atoms with van der Waals surface area (Å²) in [5.74, 6) is 8.70. The summed E-state index contributed by atoms with van der Waals surface area (Å²) >= 11 is 0. The Morgan fingerprint density at radius 3 is 2.45 bits per heavy atom. The van der Waals surface area contributed by atoms with Gasteiger partial charge in [0.25, 0.3) is 0 Å². The van der Waals surface area contributed by atoms with E-state index in [2.05, 4.69) is 0 Å². The molecule has 20 heavy (non-hydrogen) atoms. The first-order chi connectivity index (χ1) is 9.90. The third-order valence-corrected chi connectivity index (χ3v) is 8.23. The highest BCUT2D eigenvalue weighted by Crippen LogP contribution is 2.73. The van der Waals surface area contributed by atoms with Crippen molar-refractivity contribution in [3.05, 3.63) is 0 Å². The summed E-state index contributed by atoms with van der Waals surface area (Å²) in [4.78, 5) is 0. The molecule has 0 aromatic carbocycles. The summed E-state index contributed by atoms with van der Waals surface area (Å²) < 4.78 is 11.6. The van der Waals surface area contributed by atoms with Gasteiger partial charge >= 0.3 is 0 Å². The van der Waals surface area contributed by atoms with Crippen LogP contribution < -0.4 is 0 Å². The van der Waals surface area contributed by atoms with Crippen molar-refractivity contribution < 1.29 is 9.47 Å². The molecule has 1 heterocycles. The van der Waals surface area contributed by atoms with Crippen molar-refractivity contribution in [2.24, 2.45) is 47.3 Å². The number of fused-ring (bicyclic) bond motifs is 12. The molecule has 6 aliphatic rings. The number of epoxide rings is 1. The molecule has 110 valence electrons. The van der Waals surface area contributed by atoms with Crippen molar-refractivity contribution in [2.75, 3.05) is 13.2 Å². The fraction of sp³-hybridized carbons (Fsp3) is 1.00. The lowest BCUT2D eigenvalue weighted by Crippen LogP contribution is -2.41. The molecule has 5 aliphatic carbocycles. The Morgan fingerprint density at radius 2 is 1.65 bits per heavy atom. The van der Waals surface area contributed by atoms with E-state index >= 15 is 0 Å². The van der Waals surface area contributed by atoms with Crippen LogP contribution in [0.3, 0.4) is 0 Å². The molecule has 6 fully saturated rings. The molecule has 10 atom stereocenters. The fourth-order valence-corrected chi connectivity index (χ4v) is 7.84. The first kappa shape index (κ1) is 11.5. The Bertz CT molecular complexity index is 431. The van der Waals surface area contributed by atoms with Crippen LogP contribution in [0.4, 0.5) is 0 Å². The van der Waals surface area contributed by atoms with E-state index in [9.17, 15) is 0 Å². The Hall–Kier alpha value is -0.0800. The van der Waals surface area contributed by atoms with Crippen molar-refractivity contribution in [2.45, 2.75) is 50.7 Å². The Morgan fingerprint density at radius 1 is 0.850 bits per heavy atom. The van der Waals surface area contributed by atoms with Gasteiger partial charge in [-0.2, -0.15) is 0 Å². The predicted octanol–water partition coefficient (Wildman–Crippen LogP) is 3.11. The second-order valence-electron chi connectivity index (χ2n) is 8.70. The van der Waals surface area contributed by atoms with Crippen LogP contribution >= 0.6 is 0 Å². The fourth-order valence-electron chi connectivity index (χ4n) is 7.84. The molecule has 0 aromatic heterocycles. The van der Waals surface area contributed by atoms with Gasteiger partial charge in [-0.25, -0.2) is 0 Å². The molecule has 0 spiro atoms. The maximum Gasteiger partial charge on any atom is 0.104 e. The zero-order valence-corrected chi connectivity index (χ0v) is 12.2. The van der Waals surface area contributed by atoms with Gasteiger partial charge in [-0.05, 0) is 79.4 Å². The van der Waals surface area contributed by atoms with Gasteiger partial charge in [0.2, 0.25) is 0 Å². The molecule has 2 heteroatoms. The molecule has 6 rings (SSSR count). The van der Waals surface area contributed by atoms with Gasteiger partial charge in [0.1, 0.15) is 6.10 Å². The van der Waals surface area contributed by atoms with E-state index in [4.69, 9.17) is 9.47 Å². The van der Waals surface area contributed by atoms with Gasteiger partial charge in [0.05, 0.1) is 19.3 Å². The lowest BCUT2D eigenvalue weighted by molar-refractivity contribution is -0.0467. The van der Waals surface area contributed by atoms with Crippen molar-refractivity contribution in [3.8, 4) is 0 Å². The summed E-state index contributed by atoms with van der Waals surface area (Å²) in [5.41, 5.74) is 0. The predicted molar refractivity (Wildman–Crippen MR) is 75.1 cm³/mol. The summed E-state index contributed by atoms with van der Waals surface area (Å²) in [7, 11) is 0. The number of hydrogen-bond donors (Lipinski definition) is 0. The van der Waals surface area contributed by atoms with Crippen LogP contribution in [0, 0.1) is 47.3 Å². The van der Waals surface area contributed by atoms with E-state index in [1.165, 1.54) is 19.3 Å². The van der Waals surface area contributed by atoms with E-state index in [-0.39, 0.29) is 0 Å². The molecule has 1 saturated heterocycles. The molecule has 0 aromatic rings. The highest BCUT2D eigenvalue weighted by atomic mass is 16.6. The van der Waals surface area contributed by atoms with Crippen LogP contribution in [0.15, 0.2) is 0 Å². The molecule has 0 amide bonds. The molecule has 0 N–H and O–H groups in total. The topological polar surface area (TPSA) is 21.8 Å². The van der Waals surface area contributed by atoms with Crippen molar-refractivity contribution >= 4 is 0 Å². The van der Waals surface area contributed by atoms with Crippen LogP contribution in [0.1, 0.15) is 38.5 Å². The number of hydrogen-bond acceptors (Lipinski definition) is 2. The van der Waals surface area contributed by atoms with Gasteiger partial charge in [0, 0.05) is 0 Å². The minimum absolute atomic E-state index is 0.448. The largest absolute Gasteiger partial charge is 0.375 e. The van der Waals surface area contributed by atoms with Gasteiger partial charge in [-0.1, -0.05) is 6.42 Å². The molecule has 1 aliphatic heterocycles. The third kappa shape index (κ3) is 1.34. The maximum absolute atomic E-state index is 6.26. The lowest BCUT2D eigenvalue weighted by atomic mass is 9.64. The second kappa shape index (κ2) is 3.81. The first-order valence-corrected chi connectivity index (χ1v) is 9.13. The first-order valence-electron chi connectivity index (χ1n) is 9.13. The number of rotatable bonds is 3. The van der Waals surface area contributed by atoms with Gasteiger partial charge in [0.15, 0.2) is 0 Å². The summed E-state index contributed by atoms with van der Waals surface area (Å²) in [6.45, 7) is 1.83. The van der Waals surface area contributed by atoms with E-state index in [1.807, 2.05) is 0 Å². The second-order valence-corrected chi connectivity index (χ2v) is 8.70. The highest BCUT2D eigenvalue weighted by molar-refractivity contribution is 5.16. The van der Waals surface area contributed by atoms with E-state index in [1.54, 1.807) is 19.3 Å². The average molecular weight is 274 g/mol. The van der Waals surface area contributed by atoms with Crippen LogP contribution in [0.5, 0.6) is 0 Å².